The Morgan fingerprint density at radius 1 is 0.800 bits per heavy atom. The average molecular weight is 216 g/mol. The molecule has 0 aliphatic carbocycles. The maximum atomic E-state index is 9.68. The van der Waals surface area contributed by atoms with E-state index in [1.165, 1.54) is 19.3 Å². The van der Waals surface area contributed by atoms with Crippen LogP contribution >= 0.6 is 0 Å². The van der Waals surface area contributed by atoms with E-state index in [1.807, 2.05) is 0 Å². The summed E-state index contributed by atoms with van der Waals surface area (Å²) >= 11 is 0. The first kappa shape index (κ1) is 14.9. The highest BCUT2D eigenvalue weighted by Gasteiger charge is 2.15. The molecular weight excluding hydrogens is 188 g/mol. The third-order valence-corrected chi connectivity index (χ3v) is 2.84. The van der Waals surface area contributed by atoms with Crippen molar-refractivity contribution in [1.82, 2.24) is 0 Å². The molecule has 2 heteroatoms. The number of rotatable bonds is 9. The van der Waals surface area contributed by atoms with Crippen LogP contribution < -0.4 is 0 Å². The molecule has 0 aromatic rings. The Bertz CT molecular complexity index is 134. The van der Waals surface area contributed by atoms with Crippen LogP contribution in [0.3, 0.4) is 0 Å². The zero-order chi connectivity index (χ0) is 11.7. The Hall–Kier alpha value is -0.0800. The van der Waals surface area contributed by atoms with Crippen molar-refractivity contribution in [3.63, 3.8) is 0 Å². The van der Waals surface area contributed by atoms with Crippen LogP contribution in [0.25, 0.3) is 0 Å². The highest BCUT2D eigenvalue weighted by Crippen LogP contribution is 2.14. The van der Waals surface area contributed by atoms with Crippen molar-refractivity contribution in [1.29, 1.82) is 0 Å². The first-order valence-electron chi connectivity index (χ1n) is 6.44. The van der Waals surface area contributed by atoms with Crippen molar-refractivity contribution in [3.8, 4) is 0 Å². The summed E-state index contributed by atoms with van der Waals surface area (Å²) in [6, 6.07) is 0. The molecule has 0 fully saturated rings. The minimum Gasteiger partial charge on any atom is -0.390 e. The Kier molecular flexibility index (Phi) is 9.12. The van der Waals surface area contributed by atoms with Crippen molar-refractivity contribution in [3.05, 3.63) is 0 Å². The molecule has 2 unspecified atom stereocenters. The summed E-state index contributed by atoms with van der Waals surface area (Å²) in [5.74, 6) is 0.604. The lowest BCUT2D eigenvalue weighted by Gasteiger charge is -2.18. The Morgan fingerprint density at radius 2 is 1.40 bits per heavy atom. The van der Waals surface area contributed by atoms with Gasteiger partial charge < -0.3 is 10.2 Å². The molecule has 0 heterocycles. The third kappa shape index (κ3) is 8.88. The highest BCUT2D eigenvalue weighted by molar-refractivity contribution is 4.67. The van der Waals surface area contributed by atoms with Gasteiger partial charge in [-0.05, 0) is 25.2 Å². The summed E-state index contributed by atoms with van der Waals surface area (Å²) in [6.07, 6.45) is 6.09. The minimum absolute atomic E-state index is 0.513. The van der Waals surface area contributed by atoms with Gasteiger partial charge in [0.1, 0.15) is 0 Å². The second-order valence-electron chi connectivity index (χ2n) is 4.96. The van der Waals surface area contributed by atoms with Crippen LogP contribution in [-0.4, -0.2) is 22.4 Å². The maximum Gasteiger partial charge on any atom is 0.0799 e. The van der Waals surface area contributed by atoms with E-state index in [9.17, 15) is 10.2 Å². The quantitative estimate of drug-likeness (QED) is 0.581. The lowest BCUT2D eigenvalue weighted by Crippen LogP contribution is -2.26. The first-order valence-corrected chi connectivity index (χ1v) is 6.44. The lowest BCUT2D eigenvalue weighted by molar-refractivity contribution is 0.00577. The zero-order valence-corrected chi connectivity index (χ0v) is 10.6. The predicted octanol–water partition coefficient (Wildman–Crippen LogP) is 3.11. The Morgan fingerprint density at radius 3 is 1.93 bits per heavy atom. The van der Waals surface area contributed by atoms with Gasteiger partial charge in [0.05, 0.1) is 12.2 Å². The SMILES string of the molecule is CCCCCCC(O)C(O)CCC(C)C. The summed E-state index contributed by atoms with van der Waals surface area (Å²) in [4.78, 5) is 0. The van der Waals surface area contributed by atoms with E-state index in [4.69, 9.17) is 0 Å². The molecule has 0 amide bonds. The van der Waals surface area contributed by atoms with Gasteiger partial charge in [-0.2, -0.15) is 0 Å². The van der Waals surface area contributed by atoms with E-state index < -0.39 is 12.2 Å². The number of hydrogen-bond acceptors (Lipinski definition) is 2. The van der Waals surface area contributed by atoms with Gasteiger partial charge in [0.25, 0.3) is 0 Å². The first-order chi connectivity index (χ1) is 7.07. The molecule has 2 N–H and O–H groups in total. The molecule has 2 nitrogen and oxygen atoms in total. The molecule has 0 rings (SSSR count). The van der Waals surface area contributed by atoms with Crippen molar-refractivity contribution in [2.75, 3.05) is 0 Å². The maximum absolute atomic E-state index is 9.68. The molecule has 0 saturated heterocycles. The lowest BCUT2D eigenvalue weighted by atomic mass is 9.98. The molecule has 0 bridgehead atoms. The number of hydrogen-bond donors (Lipinski definition) is 2. The predicted molar refractivity (Wildman–Crippen MR) is 64.8 cm³/mol. The van der Waals surface area contributed by atoms with Gasteiger partial charge in [0, 0.05) is 0 Å². The van der Waals surface area contributed by atoms with Crippen LogP contribution in [0.4, 0.5) is 0 Å². The van der Waals surface area contributed by atoms with E-state index >= 15 is 0 Å². The van der Waals surface area contributed by atoms with Gasteiger partial charge in [0.2, 0.25) is 0 Å². The van der Waals surface area contributed by atoms with Crippen LogP contribution in [0.5, 0.6) is 0 Å². The fraction of sp³-hybridized carbons (Fsp3) is 1.00. The number of unbranched alkanes of at least 4 members (excludes halogenated alkanes) is 3. The standard InChI is InChI=1S/C13H28O2/c1-4-5-6-7-8-12(14)13(15)10-9-11(2)3/h11-15H,4-10H2,1-3H3. The summed E-state index contributed by atoms with van der Waals surface area (Å²) in [7, 11) is 0. The van der Waals surface area contributed by atoms with E-state index in [0.717, 1.165) is 25.7 Å². The van der Waals surface area contributed by atoms with Crippen LogP contribution in [0.1, 0.15) is 65.7 Å². The molecular formula is C13H28O2. The van der Waals surface area contributed by atoms with E-state index in [-0.39, 0.29) is 0 Å². The molecule has 0 aliphatic heterocycles. The average Bonchev–Trinajstić information content (AvgIpc) is 2.20. The molecule has 92 valence electrons. The van der Waals surface area contributed by atoms with Gasteiger partial charge in [0.15, 0.2) is 0 Å². The smallest absolute Gasteiger partial charge is 0.0799 e. The zero-order valence-electron chi connectivity index (χ0n) is 10.6. The van der Waals surface area contributed by atoms with Crippen LogP contribution in [0.2, 0.25) is 0 Å². The fourth-order valence-corrected chi connectivity index (χ4v) is 1.67. The molecule has 0 aromatic carbocycles. The minimum atomic E-state index is -0.519. The topological polar surface area (TPSA) is 40.5 Å². The van der Waals surface area contributed by atoms with Crippen molar-refractivity contribution in [2.24, 2.45) is 5.92 Å². The fourth-order valence-electron chi connectivity index (χ4n) is 1.67. The van der Waals surface area contributed by atoms with E-state index in [2.05, 4.69) is 20.8 Å². The molecule has 2 atom stereocenters. The number of aliphatic hydroxyl groups is 2. The van der Waals surface area contributed by atoms with Gasteiger partial charge in [-0.3, -0.25) is 0 Å². The summed E-state index contributed by atoms with van der Waals surface area (Å²) in [6.45, 7) is 6.45. The van der Waals surface area contributed by atoms with E-state index in [0.29, 0.717) is 5.92 Å². The Labute approximate surface area is 94.7 Å². The van der Waals surface area contributed by atoms with Gasteiger partial charge in [-0.15, -0.1) is 0 Å². The second kappa shape index (κ2) is 9.17. The van der Waals surface area contributed by atoms with Gasteiger partial charge in [-0.25, -0.2) is 0 Å². The van der Waals surface area contributed by atoms with Crippen molar-refractivity contribution < 1.29 is 10.2 Å². The van der Waals surface area contributed by atoms with E-state index in [1.54, 1.807) is 0 Å². The monoisotopic (exact) mass is 216 g/mol. The number of aliphatic hydroxyl groups excluding tert-OH is 2. The van der Waals surface area contributed by atoms with Crippen LogP contribution in [0, 0.1) is 5.92 Å². The highest BCUT2D eigenvalue weighted by atomic mass is 16.3. The normalized spacial score (nSPS) is 15.6. The van der Waals surface area contributed by atoms with Crippen LogP contribution in [-0.2, 0) is 0 Å². The van der Waals surface area contributed by atoms with Crippen molar-refractivity contribution in [2.45, 2.75) is 77.9 Å². The summed E-state index contributed by atoms with van der Waals surface area (Å²) < 4.78 is 0. The molecule has 0 aliphatic rings. The van der Waals surface area contributed by atoms with Gasteiger partial charge in [-0.1, -0.05) is 46.5 Å². The largest absolute Gasteiger partial charge is 0.390 e. The molecule has 0 saturated carbocycles. The summed E-state index contributed by atoms with van der Waals surface area (Å²) in [5, 5.41) is 19.4. The van der Waals surface area contributed by atoms with Crippen LogP contribution in [0.15, 0.2) is 0 Å². The Balaban J connectivity index is 3.46. The third-order valence-electron chi connectivity index (χ3n) is 2.84. The molecule has 0 radical (unpaired) electrons. The molecule has 0 aromatic heterocycles. The molecule has 15 heavy (non-hydrogen) atoms. The summed E-state index contributed by atoms with van der Waals surface area (Å²) in [5.41, 5.74) is 0. The van der Waals surface area contributed by atoms with Crippen molar-refractivity contribution >= 4 is 0 Å². The van der Waals surface area contributed by atoms with Gasteiger partial charge >= 0.3 is 0 Å². The molecule has 0 spiro atoms. The second-order valence-corrected chi connectivity index (χ2v) is 4.96.